The molecule has 96 valence electrons. The highest BCUT2D eigenvalue weighted by molar-refractivity contribution is 5.57. The van der Waals surface area contributed by atoms with Gasteiger partial charge >= 0.3 is 0 Å². The van der Waals surface area contributed by atoms with Crippen molar-refractivity contribution in [3.63, 3.8) is 0 Å². The highest BCUT2D eigenvalue weighted by atomic mass is 15.3. The zero-order valence-corrected chi connectivity index (χ0v) is 11.3. The Morgan fingerprint density at radius 3 is 2.33 bits per heavy atom. The van der Waals surface area contributed by atoms with Gasteiger partial charge in [0.25, 0.3) is 0 Å². The number of nitrogens with zero attached hydrogens (tertiary/aromatic N) is 3. The van der Waals surface area contributed by atoms with Crippen molar-refractivity contribution >= 4 is 5.95 Å². The van der Waals surface area contributed by atoms with Gasteiger partial charge in [0.15, 0.2) is 5.82 Å². The molecule has 4 heteroatoms. The van der Waals surface area contributed by atoms with Crippen LogP contribution in [0.3, 0.4) is 0 Å². The van der Waals surface area contributed by atoms with Crippen LogP contribution in [0.4, 0.5) is 5.95 Å². The second-order valence-electron chi connectivity index (χ2n) is 4.17. The lowest BCUT2D eigenvalue weighted by molar-refractivity contribution is 0.770. The van der Waals surface area contributed by atoms with Crippen LogP contribution in [0, 0.1) is 0 Å². The molecule has 0 saturated carbocycles. The van der Waals surface area contributed by atoms with E-state index in [1.54, 1.807) is 0 Å². The molecule has 18 heavy (non-hydrogen) atoms. The van der Waals surface area contributed by atoms with E-state index >= 15 is 0 Å². The standard InChI is InChI=1S/C14H20N4/c1-4-11-7-9-12(10-8-11)13-16-17-14(15-5-2)18(13)6-3/h7-10H,4-6H2,1-3H3,(H,15,17). The predicted molar refractivity (Wildman–Crippen MR) is 74.7 cm³/mol. The highest BCUT2D eigenvalue weighted by Crippen LogP contribution is 2.21. The fourth-order valence-electron chi connectivity index (χ4n) is 1.99. The van der Waals surface area contributed by atoms with Crippen molar-refractivity contribution in [3.8, 4) is 11.4 Å². The van der Waals surface area contributed by atoms with E-state index in [9.17, 15) is 0 Å². The van der Waals surface area contributed by atoms with Crippen LogP contribution in [0.15, 0.2) is 24.3 Å². The lowest BCUT2D eigenvalue weighted by Crippen LogP contribution is -2.06. The van der Waals surface area contributed by atoms with E-state index in [4.69, 9.17) is 0 Å². The highest BCUT2D eigenvalue weighted by Gasteiger charge is 2.11. The van der Waals surface area contributed by atoms with Gasteiger partial charge < -0.3 is 5.32 Å². The molecular formula is C14H20N4. The van der Waals surface area contributed by atoms with E-state index in [1.165, 1.54) is 5.56 Å². The fraction of sp³-hybridized carbons (Fsp3) is 0.429. The Kier molecular flexibility index (Phi) is 3.97. The van der Waals surface area contributed by atoms with Crippen molar-refractivity contribution < 1.29 is 0 Å². The van der Waals surface area contributed by atoms with Gasteiger partial charge in [-0.3, -0.25) is 4.57 Å². The number of hydrogen-bond donors (Lipinski definition) is 1. The minimum absolute atomic E-state index is 0.842. The maximum Gasteiger partial charge on any atom is 0.224 e. The summed E-state index contributed by atoms with van der Waals surface area (Å²) in [5.74, 6) is 1.77. The first-order valence-electron chi connectivity index (χ1n) is 6.56. The average molecular weight is 244 g/mol. The molecule has 0 saturated heterocycles. The predicted octanol–water partition coefficient (Wildman–Crippen LogP) is 2.96. The van der Waals surface area contributed by atoms with Gasteiger partial charge in [0, 0.05) is 18.7 Å². The number of anilines is 1. The van der Waals surface area contributed by atoms with Crippen LogP contribution >= 0.6 is 0 Å². The zero-order chi connectivity index (χ0) is 13.0. The number of hydrogen-bond acceptors (Lipinski definition) is 3. The van der Waals surface area contributed by atoms with E-state index < -0.39 is 0 Å². The van der Waals surface area contributed by atoms with Crippen LogP contribution in [0.2, 0.25) is 0 Å². The van der Waals surface area contributed by atoms with E-state index in [2.05, 4.69) is 65.1 Å². The first kappa shape index (κ1) is 12.6. The van der Waals surface area contributed by atoms with Gasteiger partial charge in [0.05, 0.1) is 0 Å². The lowest BCUT2D eigenvalue weighted by Gasteiger charge is -2.08. The van der Waals surface area contributed by atoms with Crippen LogP contribution in [0.25, 0.3) is 11.4 Å². The van der Waals surface area contributed by atoms with E-state index in [0.717, 1.165) is 36.8 Å². The molecule has 1 heterocycles. The maximum atomic E-state index is 4.28. The van der Waals surface area contributed by atoms with Crippen molar-refractivity contribution in [2.24, 2.45) is 0 Å². The van der Waals surface area contributed by atoms with Crippen LogP contribution < -0.4 is 5.32 Å². The molecule has 0 aliphatic heterocycles. The summed E-state index contributed by atoms with van der Waals surface area (Å²) in [6, 6.07) is 8.53. The SMILES string of the molecule is CCNc1nnc(-c2ccc(CC)cc2)n1CC. The van der Waals surface area contributed by atoms with Gasteiger partial charge in [-0.2, -0.15) is 0 Å². The third-order valence-electron chi connectivity index (χ3n) is 3.02. The van der Waals surface area contributed by atoms with E-state index in [0.29, 0.717) is 0 Å². The Balaban J connectivity index is 2.36. The Morgan fingerprint density at radius 1 is 1.06 bits per heavy atom. The van der Waals surface area contributed by atoms with Crippen molar-refractivity contribution in [2.45, 2.75) is 33.7 Å². The summed E-state index contributed by atoms with van der Waals surface area (Å²) in [5, 5.41) is 11.7. The first-order chi connectivity index (χ1) is 8.80. The summed E-state index contributed by atoms with van der Waals surface area (Å²) in [7, 11) is 0. The minimum atomic E-state index is 0.842. The quantitative estimate of drug-likeness (QED) is 0.879. The molecule has 0 atom stereocenters. The topological polar surface area (TPSA) is 42.7 Å². The monoisotopic (exact) mass is 244 g/mol. The van der Waals surface area contributed by atoms with Crippen LogP contribution in [0.1, 0.15) is 26.3 Å². The molecule has 1 N–H and O–H groups in total. The number of aryl methyl sites for hydroxylation is 1. The second kappa shape index (κ2) is 5.67. The average Bonchev–Trinajstić information content (AvgIpc) is 2.82. The van der Waals surface area contributed by atoms with Crippen molar-refractivity contribution in [1.29, 1.82) is 0 Å². The molecule has 0 fully saturated rings. The van der Waals surface area contributed by atoms with Crippen LogP contribution in [-0.4, -0.2) is 21.3 Å². The summed E-state index contributed by atoms with van der Waals surface area (Å²) >= 11 is 0. The summed E-state index contributed by atoms with van der Waals surface area (Å²) in [6.45, 7) is 8.04. The number of rotatable bonds is 5. The lowest BCUT2D eigenvalue weighted by atomic mass is 10.1. The van der Waals surface area contributed by atoms with Gasteiger partial charge in [-0.15, -0.1) is 10.2 Å². The third-order valence-corrected chi connectivity index (χ3v) is 3.02. The Morgan fingerprint density at radius 2 is 1.78 bits per heavy atom. The Bertz CT molecular complexity index is 499. The van der Waals surface area contributed by atoms with E-state index in [-0.39, 0.29) is 0 Å². The zero-order valence-electron chi connectivity index (χ0n) is 11.3. The normalized spacial score (nSPS) is 10.6. The fourth-order valence-corrected chi connectivity index (χ4v) is 1.99. The largest absolute Gasteiger partial charge is 0.355 e. The van der Waals surface area contributed by atoms with Crippen LogP contribution in [-0.2, 0) is 13.0 Å². The van der Waals surface area contributed by atoms with E-state index in [1.807, 2.05) is 0 Å². The molecule has 2 aromatic rings. The molecule has 0 radical (unpaired) electrons. The van der Waals surface area contributed by atoms with Gasteiger partial charge in [0.1, 0.15) is 0 Å². The summed E-state index contributed by atoms with van der Waals surface area (Å²) in [6.07, 6.45) is 1.06. The molecule has 1 aromatic heterocycles. The third kappa shape index (κ3) is 2.37. The molecular weight excluding hydrogens is 224 g/mol. The van der Waals surface area contributed by atoms with Crippen molar-refractivity contribution in [2.75, 3.05) is 11.9 Å². The molecule has 0 aliphatic rings. The van der Waals surface area contributed by atoms with Gasteiger partial charge in [0.2, 0.25) is 5.95 Å². The summed E-state index contributed by atoms with van der Waals surface area (Å²) < 4.78 is 2.10. The van der Waals surface area contributed by atoms with Crippen LogP contribution in [0.5, 0.6) is 0 Å². The van der Waals surface area contributed by atoms with Gasteiger partial charge in [-0.25, -0.2) is 0 Å². The van der Waals surface area contributed by atoms with Crippen molar-refractivity contribution in [3.05, 3.63) is 29.8 Å². The molecule has 2 rings (SSSR count). The number of benzene rings is 1. The first-order valence-corrected chi connectivity index (χ1v) is 6.56. The molecule has 0 amide bonds. The molecule has 1 aromatic carbocycles. The summed E-state index contributed by atoms with van der Waals surface area (Å²) in [4.78, 5) is 0. The molecule has 0 unspecified atom stereocenters. The molecule has 0 aliphatic carbocycles. The van der Waals surface area contributed by atoms with Gasteiger partial charge in [-0.1, -0.05) is 31.2 Å². The molecule has 4 nitrogen and oxygen atoms in total. The molecule has 0 bridgehead atoms. The van der Waals surface area contributed by atoms with Crippen molar-refractivity contribution in [1.82, 2.24) is 14.8 Å². The second-order valence-corrected chi connectivity index (χ2v) is 4.17. The number of aromatic nitrogens is 3. The smallest absolute Gasteiger partial charge is 0.224 e. The Hall–Kier alpha value is -1.84. The maximum absolute atomic E-state index is 4.28. The Labute approximate surface area is 108 Å². The number of nitrogens with one attached hydrogen (secondary N) is 1. The minimum Gasteiger partial charge on any atom is -0.355 e. The van der Waals surface area contributed by atoms with Gasteiger partial charge in [-0.05, 0) is 25.8 Å². The summed E-state index contributed by atoms with van der Waals surface area (Å²) in [5.41, 5.74) is 2.46. The molecule has 0 spiro atoms.